The van der Waals surface area contributed by atoms with Gasteiger partial charge in [-0.15, -0.1) is 0 Å². The van der Waals surface area contributed by atoms with Crippen LogP contribution in [0.15, 0.2) is 16.8 Å². The van der Waals surface area contributed by atoms with E-state index >= 15 is 0 Å². The summed E-state index contributed by atoms with van der Waals surface area (Å²) in [6.45, 7) is 3.11. The average molecular weight is 482 g/mol. The SMILES string of the molecule is CC1CCC(=O)N(C[C@H](N)CC(=O)N2CCc3c(nc(-c4ccsc4)nc3C(F)(F)F)C2)C1. The zero-order chi connectivity index (χ0) is 23.8. The number of carbonyl (C=O) groups excluding carboxylic acids is 2. The first kappa shape index (κ1) is 23.6. The van der Waals surface area contributed by atoms with Crippen LogP contribution in [-0.4, -0.2) is 57.3 Å². The van der Waals surface area contributed by atoms with E-state index in [1.165, 1.54) is 16.2 Å². The smallest absolute Gasteiger partial charge is 0.341 e. The summed E-state index contributed by atoms with van der Waals surface area (Å²) in [4.78, 5) is 36.4. The Morgan fingerprint density at radius 2 is 2.12 bits per heavy atom. The van der Waals surface area contributed by atoms with Crippen molar-refractivity contribution in [2.45, 2.75) is 51.4 Å². The lowest BCUT2D eigenvalue weighted by Crippen LogP contribution is -2.48. The molecular weight excluding hydrogens is 455 g/mol. The van der Waals surface area contributed by atoms with E-state index in [1.54, 1.807) is 21.7 Å². The molecule has 0 aliphatic carbocycles. The Morgan fingerprint density at radius 3 is 2.82 bits per heavy atom. The van der Waals surface area contributed by atoms with Crippen molar-refractivity contribution >= 4 is 23.2 Å². The molecule has 2 aromatic rings. The number of piperidine rings is 1. The molecule has 4 rings (SSSR count). The molecule has 1 saturated heterocycles. The lowest BCUT2D eigenvalue weighted by molar-refractivity contribution is -0.142. The zero-order valence-corrected chi connectivity index (χ0v) is 19.1. The van der Waals surface area contributed by atoms with Gasteiger partial charge in [0.15, 0.2) is 11.5 Å². The maximum Gasteiger partial charge on any atom is 0.433 e. The Kier molecular flexibility index (Phi) is 6.71. The fourth-order valence-electron chi connectivity index (χ4n) is 4.37. The van der Waals surface area contributed by atoms with Crippen LogP contribution in [0.25, 0.3) is 11.4 Å². The van der Waals surface area contributed by atoms with Crippen molar-refractivity contribution in [2.75, 3.05) is 19.6 Å². The summed E-state index contributed by atoms with van der Waals surface area (Å²) < 4.78 is 41.1. The molecule has 1 fully saturated rings. The second-order valence-corrected chi connectivity index (χ2v) is 9.58. The minimum absolute atomic E-state index is 0.00561. The summed E-state index contributed by atoms with van der Waals surface area (Å²) in [5.41, 5.74) is 6.01. The Morgan fingerprint density at radius 1 is 1.33 bits per heavy atom. The normalized spacial score (nSPS) is 20.0. The number of nitrogens with zero attached hydrogens (tertiary/aromatic N) is 4. The number of rotatable bonds is 5. The average Bonchev–Trinajstić information content (AvgIpc) is 3.29. The predicted molar refractivity (Wildman–Crippen MR) is 117 cm³/mol. The molecule has 33 heavy (non-hydrogen) atoms. The van der Waals surface area contributed by atoms with Gasteiger partial charge in [0.2, 0.25) is 11.8 Å². The second-order valence-electron chi connectivity index (χ2n) is 8.80. The van der Waals surface area contributed by atoms with Gasteiger partial charge in [-0.3, -0.25) is 9.59 Å². The van der Waals surface area contributed by atoms with Crippen LogP contribution in [0.4, 0.5) is 13.2 Å². The molecule has 2 aromatic heterocycles. The molecule has 2 amide bonds. The highest BCUT2D eigenvalue weighted by atomic mass is 32.1. The highest BCUT2D eigenvalue weighted by Crippen LogP contribution is 2.35. The number of halogens is 3. The van der Waals surface area contributed by atoms with Crippen molar-refractivity contribution in [1.29, 1.82) is 0 Å². The van der Waals surface area contributed by atoms with E-state index in [9.17, 15) is 22.8 Å². The van der Waals surface area contributed by atoms with Crippen molar-refractivity contribution in [3.8, 4) is 11.4 Å². The van der Waals surface area contributed by atoms with Gasteiger partial charge in [0, 0.05) is 55.0 Å². The molecule has 0 spiro atoms. The molecule has 2 aliphatic rings. The van der Waals surface area contributed by atoms with Gasteiger partial charge >= 0.3 is 6.18 Å². The molecule has 4 heterocycles. The van der Waals surface area contributed by atoms with E-state index in [-0.39, 0.29) is 54.8 Å². The Balaban J connectivity index is 1.48. The Hall–Kier alpha value is -2.53. The van der Waals surface area contributed by atoms with Gasteiger partial charge in [-0.1, -0.05) is 6.92 Å². The highest BCUT2D eigenvalue weighted by molar-refractivity contribution is 7.08. The number of amides is 2. The van der Waals surface area contributed by atoms with E-state index in [2.05, 4.69) is 16.9 Å². The summed E-state index contributed by atoms with van der Waals surface area (Å²) in [5.74, 6) is 0.185. The molecule has 2 aliphatic heterocycles. The Labute approximate surface area is 193 Å². The molecule has 0 bridgehead atoms. The van der Waals surface area contributed by atoms with Gasteiger partial charge in [0.05, 0.1) is 12.2 Å². The second kappa shape index (κ2) is 9.38. The maximum absolute atomic E-state index is 13.7. The number of fused-ring (bicyclic) bond motifs is 1. The topological polar surface area (TPSA) is 92.4 Å². The largest absolute Gasteiger partial charge is 0.433 e. The summed E-state index contributed by atoms with van der Waals surface area (Å²) in [6.07, 6.45) is -3.23. The van der Waals surface area contributed by atoms with E-state index in [4.69, 9.17) is 5.73 Å². The van der Waals surface area contributed by atoms with Gasteiger partial charge in [0.1, 0.15) is 0 Å². The molecule has 2 atom stereocenters. The van der Waals surface area contributed by atoms with Crippen molar-refractivity contribution in [2.24, 2.45) is 11.7 Å². The fraction of sp³-hybridized carbons (Fsp3) is 0.545. The molecule has 0 radical (unpaired) electrons. The number of aromatic nitrogens is 2. The number of likely N-dealkylation sites (tertiary alicyclic amines) is 1. The number of carbonyl (C=O) groups is 2. The lowest BCUT2D eigenvalue weighted by atomic mass is 9.98. The maximum atomic E-state index is 13.7. The quantitative estimate of drug-likeness (QED) is 0.709. The van der Waals surface area contributed by atoms with E-state index in [0.717, 1.165) is 6.42 Å². The minimum Gasteiger partial charge on any atom is -0.341 e. The van der Waals surface area contributed by atoms with Gasteiger partial charge in [0.25, 0.3) is 0 Å². The van der Waals surface area contributed by atoms with Gasteiger partial charge in [-0.2, -0.15) is 24.5 Å². The lowest BCUT2D eigenvalue weighted by Gasteiger charge is -2.34. The van der Waals surface area contributed by atoms with E-state index in [1.807, 2.05) is 0 Å². The summed E-state index contributed by atoms with van der Waals surface area (Å²) in [5, 5.41) is 3.44. The van der Waals surface area contributed by atoms with Crippen LogP contribution in [0, 0.1) is 5.92 Å². The zero-order valence-electron chi connectivity index (χ0n) is 18.3. The van der Waals surface area contributed by atoms with E-state index in [0.29, 0.717) is 31.0 Å². The predicted octanol–water partition coefficient (Wildman–Crippen LogP) is 3.08. The number of alkyl halides is 3. The van der Waals surface area contributed by atoms with Crippen LogP contribution in [-0.2, 0) is 28.7 Å². The molecule has 11 heteroatoms. The third-order valence-corrected chi connectivity index (χ3v) is 6.78. The number of hydrogen-bond donors (Lipinski definition) is 1. The summed E-state index contributed by atoms with van der Waals surface area (Å²) in [7, 11) is 0. The van der Waals surface area contributed by atoms with Gasteiger partial charge in [-0.05, 0) is 30.2 Å². The molecule has 0 saturated carbocycles. The third kappa shape index (κ3) is 5.35. The van der Waals surface area contributed by atoms with Crippen LogP contribution in [0.5, 0.6) is 0 Å². The molecule has 178 valence electrons. The monoisotopic (exact) mass is 481 g/mol. The van der Waals surface area contributed by atoms with Crippen molar-refractivity contribution in [1.82, 2.24) is 19.8 Å². The first-order chi connectivity index (χ1) is 15.6. The summed E-state index contributed by atoms with van der Waals surface area (Å²) >= 11 is 1.34. The van der Waals surface area contributed by atoms with Crippen LogP contribution in [0.3, 0.4) is 0 Å². The first-order valence-electron chi connectivity index (χ1n) is 10.9. The van der Waals surface area contributed by atoms with Gasteiger partial charge < -0.3 is 15.5 Å². The van der Waals surface area contributed by atoms with Crippen LogP contribution >= 0.6 is 11.3 Å². The minimum atomic E-state index is -4.61. The third-order valence-electron chi connectivity index (χ3n) is 6.09. The van der Waals surface area contributed by atoms with Gasteiger partial charge in [-0.25, -0.2) is 9.97 Å². The van der Waals surface area contributed by atoms with E-state index < -0.39 is 17.9 Å². The van der Waals surface area contributed by atoms with Crippen LogP contribution in [0.1, 0.15) is 43.1 Å². The van der Waals surface area contributed by atoms with Crippen molar-refractivity contribution < 1.29 is 22.8 Å². The van der Waals surface area contributed by atoms with Crippen molar-refractivity contribution in [3.63, 3.8) is 0 Å². The number of nitrogens with two attached hydrogens (primary N) is 1. The standard InChI is InChI=1S/C22H26F3N5O2S/c1-13-2-3-18(31)30(9-13)10-15(26)8-19(32)29-6-4-16-17(11-29)27-21(14-5-7-33-12-14)28-20(16)22(23,24)25/h5,7,12-13,15H,2-4,6,8-11,26H2,1H3/t13?,15-/m1/s1. The molecule has 2 N–H and O–H groups in total. The first-order valence-corrected chi connectivity index (χ1v) is 11.9. The van der Waals surface area contributed by atoms with Crippen LogP contribution < -0.4 is 5.73 Å². The number of thiophene rings is 1. The Bertz CT molecular complexity index is 1030. The molecule has 0 aromatic carbocycles. The fourth-order valence-corrected chi connectivity index (χ4v) is 5.01. The molecule has 7 nitrogen and oxygen atoms in total. The number of hydrogen-bond acceptors (Lipinski definition) is 6. The molecule has 1 unspecified atom stereocenters. The molecular formula is C22H26F3N5O2S. The highest BCUT2D eigenvalue weighted by Gasteiger charge is 2.39. The van der Waals surface area contributed by atoms with Crippen molar-refractivity contribution in [3.05, 3.63) is 33.8 Å². The summed E-state index contributed by atoms with van der Waals surface area (Å²) in [6, 6.07) is 1.13. The van der Waals surface area contributed by atoms with Crippen LogP contribution in [0.2, 0.25) is 0 Å².